The summed E-state index contributed by atoms with van der Waals surface area (Å²) in [7, 11) is 0. The first kappa shape index (κ1) is 14.1. The third-order valence-corrected chi connectivity index (χ3v) is 3.20. The number of amides is 1. The van der Waals surface area contributed by atoms with E-state index in [1.54, 1.807) is 30.3 Å². The Morgan fingerprint density at radius 2 is 1.55 bits per heavy atom. The van der Waals surface area contributed by atoms with E-state index in [0.717, 1.165) is 5.56 Å². The fraction of sp³-hybridized carbons (Fsp3) is 0.0588. The van der Waals surface area contributed by atoms with Crippen molar-refractivity contribution in [2.75, 3.05) is 0 Å². The standard InChI is InChI=1S/C17H12F2N2O/c18-13-5-1-11(2-6-13)9-15-17(22)21-16(20-15)10-12-3-7-14(19)8-4-12/h1-9H,10H2,(H,20,21,22)/b15-9+. The number of nitrogens with one attached hydrogen (secondary N) is 1. The lowest BCUT2D eigenvalue weighted by molar-refractivity contribution is -0.115. The number of benzene rings is 2. The molecule has 0 spiro atoms. The van der Waals surface area contributed by atoms with E-state index >= 15 is 0 Å². The number of carbonyl (C=O) groups excluding carboxylic acids is 1. The summed E-state index contributed by atoms with van der Waals surface area (Å²) in [6, 6.07) is 11.8. The molecule has 0 aromatic heterocycles. The van der Waals surface area contributed by atoms with Gasteiger partial charge in [-0.1, -0.05) is 24.3 Å². The van der Waals surface area contributed by atoms with E-state index in [-0.39, 0.29) is 23.2 Å². The summed E-state index contributed by atoms with van der Waals surface area (Å²) in [5.74, 6) is -0.442. The van der Waals surface area contributed by atoms with Gasteiger partial charge in [0.1, 0.15) is 23.2 Å². The van der Waals surface area contributed by atoms with Crippen LogP contribution in [-0.2, 0) is 11.2 Å². The van der Waals surface area contributed by atoms with Crippen LogP contribution in [0.3, 0.4) is 0 Å². The van der Waals surface area contributed by atoms with Crippen LogP contribution < -0.4 is 5.32 Å². The predicted octanol–water partition coefficient (Wildman–Crippen LogP) is 3.08. The summed E-state index contributed by atoms with van der Waals surface area (Å²) in [6.45, 7) is 0. The molecule has 0 saturated carbocycles. The molecule has 0 radical (unpaired) electrons. The van der Waals surface area contributed by atoms with Crippen LogP contribution in [-0.4, -0.2) is 11.7 Å². The molecule has 0 unspecified atom stereocenters. The second-order valence-corrected chi connectivity index (χ2v) is 4.90. The van der Waals surface area contributed by atoms with Gasteiger partial charge in [0.2, 0.25) is 0 Å². The van der Waals surface area contributed by atoms with Crippen LogP contribution in [0.2, 0.25) is 0 Å². The van der Waals surface area contributed by atoms with Crippen molar-refractivity contribution in [1.29, 1.82) is 0 Å². The number of hydrogen-bond acceptors (Lipinski definition) is 2. The third-order valence-electron chi connectivity index (χ3n) is 3.20. The molecule has 0 aliphatic carbocycles. The van der Waals surface area contributed by atoms with E-state index < -0.39 is 0 Å². The van der Waals surface area contributed by atoms with Gasteiger partial charge in [0.25, 0.3) is 5.91 Å². The van der Waals surface area contributed by atoms with Crippen LogP contribution in [0.5, 0.6) is 0 Å². The molecular formula is C17H12F2N2O. The smallest absolute Gasteiger partial charge is 0.275 e. The van der Waals surface area contributed by atoms with Gasteiger partial charge in [-0.2, -0.15) is 0 Å². The maximum Gasteiger partial charge on any atom is 0.275 e. The van der Waals surface area contributed by atoms with Crippen molar-refractivity contribution < 1.29 is 13.6 Å². The number of amidine groups is 1. The predicted molar refractivity (Wildman–Crippen MR) is 80.1 cm³/mol. The Bertz CT molecular complexity index is 762. The number of carbonyl (C=O) groups is 1. The number of rotatable bonds is 3. The SMILES string of the molecule is O=C1NC(Cc2ccc(F)cc2)=N/C1=C/c1ccc(F)cc1. The lowest BCUT2D eigenvalue weighted by Crippen LogP contribution is -2.25. The van der Waals surface area contributed by atoms with E-state index in [9.17, 15) is 13.6 Å². The van der Waals surface area contributed by atoms with Gasteiger partial charge in [-0.25, -0.2) is 13.8 Å². The molecule has 1 heterocycles. The first-order valence-electron chi connectivity index (χ1n) is 6.71. The van der Waals surface area contributed by atoms with Crippen molar-refractivity contribution in [3.8, 4) is 0 Å². The average molecular weight is 298 g/mol. The number of hydrogen-bond donors (Lipinski definition) is 1. The van der Waals surface area contributed by atoms with Crippen LogP contribution in [0.15, 0.2) is 59.2 Å². The van der Waals surface area contributed by atoms with Crippen LogP contribution in [0.25, 0.3) is 6.08 Å². The van der Waals surface area contributed by atoms with Gasteiger partial charge in [0, 0.05) is 6.42 Å². The van der Waals surface area contributed by atoms with Crippen LogP contribution in [0, 0.1) is 11.6 Å². The van der Waals surface area contributed by atoms with Crippen LogP contribution in [0.1, 0.15) is 11.1 Å². The van der Waals surface area contributed by atoms with Gasteiger partial charge >= 0.3 is 0 Å². The van der Waals surface area contributed by atoms with Crippen molar-refractivity contribution in [3.63, 3.8) is 0 Å². The highest BCUT2D eigenvalue weighted by Gasteiger charge is 2.19. The molecule has 2 aromatic carbocycles. The molecule has 0 atom stereocenters. The molecule has 0 bridgehead atoms. The summed E-state index contributed by atoms with van der Waals surface area (Å²) in [5.41, 5.74) is 1.81. The maximum absolute atomic E-state index is 12.9. The molecule has 110 valence electrons. The summed E-state index contributed by atoms with van der Waals surface area (Å²) in [4.78, 5) is 16.1. The van der Waals surface area contributed by atoms with E-state index in [1.807, 2.05) is 0 Å². The summed E-state index contributed by atoms with van der Waals surface area (Å²) in [5, 5.41) is 2.67. The van der Waals surface area contributed by atoms with Crippen LogP contribution in [0.4, 0.5) is 8.78 Å². The second kappa shape index (κ2) is 5.89. The van der Waals surface area contributed by atoms with Gasteiger partial charge in [-0.15, -0.1) is 0 Å². The van der Waals surface area contributed by atoms with Crippen molar-refractivity contribution in [1.82, 2.24) is 5.32 Å². The average Bonchev–Trinajstić information content (AvgIpc) is 2.84. The summed E-state index contributed by atoms with van der Waals surface area (Å²) >= 11 is 0. The number of aliphatic imine (C=N–C) groups is 1. The Labute approximate surface area is 126 Å². The largest absolute Gasteiger partial charge is 0.308 e. The first-order valence-corrected chi connectivity index (χ1v) is 6.71. The lowest BCUT2D eigenvalue weighted by Gasteiger charge is -2.00. The van der Waals surface area contributed by atoms with E-state index in [4.69, 9.17) is 0 Å². The molecule has 0 fully saturated rings. The maximum atomic E-state index is 12.9. The molecular weight excluding hydrogens is 286 g/mol. The number of halogens is 2. The Kier molecular flexibility index (Phi) is 3.78. The molecule has 1 aliphatic rings. The minimum absolute atomic E-state index is 0.267. The van der Waals surface area contributed by atoms with Gasteiger partial charge in [-0.3, -0.25) is 4.79 Å². The quantitative estimate of drug-likeness (QED) is 0.869. The van der Waals surface area contributed by atoms with Gasteiger partial charge in [0.15, 0.2) is 0 Å². The van der Waals surface area contributed by atoms with Gasteiger partial charge in [0.05, 0.1) is 0 Å². The molecule has 3 nitrogen and oxygen atoms in total. The summed E-state index contributed by atoms with van der Waals surface area (Å²) < 4.78 is 25.7. The summed E-state index contributed by atoms with van der Waals surface area (Å²) in [6.07, 6.45) is 2.00. The first-order chi connectivity index (χ1) is 10.6. The third kappa shape index (κ3) is 3.25. The monoisotopic (exact) mass is 298 g/mol. The van der Waals surface area contributed by atoms with Gasteiger partial charge < -0.3 is 5.32 Å². The fourth-order valence-corrected chi connectivity index (χ4v) is 2.11. The lowest BCUT2D eigenvalue weighted by atomic mass is 10.1. The van der Waals surface area contributed by atoms with E-state index in [2.05, 4.69) is 10.3 Å². The minimum Gasteiger partial charge on any atom is -0.308 e. The molecule has 1 amide bonds. The van der Waals surface area contributed by atoms with Crippen molar-refractivity contribution in [2.24, 2.45) is 4.99 Å². The second-order valence-electron chi connectivity index (χ2n) is 4.90. The Morgan fingerprint density at radius 1 is 0.955 bits per heavy atom. The molecule has 22 heavy (non-hydrogen) atoms. The highest BCUT2D eigenvalue weighted by atomic mass is 19.1. The van der Waals surface area contributed by atoms with E-state index in [1.165, 1.54) is 24.3 Å². The normalized spacial score (nSPS) is 15.8. The minimum atomic E-state index is -0.335. The molecule has 3 rings (SSSR count). The Balaban J connectivity index is 1.79. The van der Waals surface area contributed by atoms with Crippen molar-refractivity contribution in [3.05, 3.63) is 77.0 Å². The molecule has 5 heteroatoms. The molecule has 0 saturated heterocycles. The van der Waals surface area contributed by atoms with Gasteiger partial charge in [-0.05, 0) is 41.5 Å². The van der Waals surface area contributed by atoms with E-state index in [0.29, 0.717) is 17.8 Å². The molecule has 1 N–H and O–H groups in total. The Hall–Kier alpha value is -2.82. The molecule has 1 aliphatic heterocycles. The Morgan fingerprint density at radius 3 is 2.18 bits per heavy atom. The van der Waals surface area contributed by atoms with Crippen molar-refractivity contribution >= 4 is 17.8 Å². The van der Waals surface area contributed by atoms with Crippen molar-refractivity contribution in [2.45, 2.75) is 6.42 Å². The zero-order chi connectivity index (χ0) is 15.5. The fourth-order valence-electron chi connectivity index (χ4n) is 2.11. The zero-order valence-corrected chi connectivity index (χ0v) is 11.5. The molecule has 2 aromatic rings. The highest BCUT2D eigenvalue weighted by molar-refractivity contribution is 6.14. The highest BCUT2D eigenvalue weighted by Crippen LogP contribution is 2.14. The topological polar surface area (TPSA) is 41.5 Å². The zero-order valence-electron chi connectivity index (χ0n) is 11.5. The van der Waals surface area contributed by atoms with Crippen LogP contribution >= 0.6 is 0 Å². The number of nitrogens with zero attached hydrogens (tertiary/aromatic N) is 1.